The molecule has 2 aromatic heterocycles. The molecule has 0 radical (unpaired) electrons. The van der Waals surface area contributed by atoms with E-state index in [-0.39, 0.29) is 5.82 Å². The number of anilines is 1. The zero-order valence-electron chi connectivity index (χ0n) is 11.7. The summed E-state index contributed by atoms with van der Waals surface area (Å²) >= 11 is 0. The lowest BCUT2D eigenvalue weighted by Crippen LogP contribution is -2.13. The van der Waals surface area contributed by atoms with E-state index >= 15 is 0 Å². The average Bonchev–Trinajstić information content (AvgIpc) is 3.01. The molecule has 0 bridgehead atoms. The molecular weight excluding hydrogens is 269 g/mol. The van der Waals surface area contributed by atoms with E-state index < -0.39 is 0 Å². The van der Waals surface area contributed by atoms with Gasteiger partial charge in [-0.3, -0.25) is 0 Å². The van der Waals surface area contributed by atoms with Crippen LogP contribution in [0.2, 0.25) is 0 Å². The molecule has 2 heterocycles. The lowest BCUT2D eigenvalue weighted by atomic mass is 10.1. The Morgan fingerprint density at radius 3 is 2.57 bits per heavy atom. The normalized spacial score (nSPS) is 10.6. The van der Waals surface area contributed by atoms with E-state index in [1.54, 1.807) is 36.9 Å². The van der Waals surface area contributed by atoms with Crippen LogP contribution in [-0.4, -0.2) is 24.1 Å². The fourth-order valence-electron chi connectivity index (χ4n) is 2.11. The summed E-state index contributed by atoms with van der Waals surface area (Å²) in [7, 11) is 3.77. The second kappa shape index (κ2) is 5.36. The quantitative estimate of drug-likeness (QED) is 0.736. The van der Waals surface area contributed by atoms with E-state index in [0.717, 1.165) is 11.1 Å². The van der Waals surface area contributed by atoms with Crippen molar-refractivity contribution in [1.82, 2.24) is 9.97 Å². The first-order valence-electron chi connectivity index (χ1n) is 6.48. The van der Waals surface area contributed by atoms with E-state index in [1.807, 2.05) is 25.1 Å². The van der Waals surface area contributed by atoms with Crippen molar-refractivity contribution in [3.63, 3.8) is 0 Å². The predicted octanol–water partition coefficient (Wildman–Crippen LogP) is 3.61. The molecule has 0 N–H and O–H groups in total. The van der Waals surface area contributed by atoms with E-state index in [9.17, 15) is 4.39 Å². The van der Waals surface area contributed by atoms with Gasteiger partial charge < -0.3 is 9.32 Å². The van der Waals surface area contributed by atoms with Gasteiger partial charge in [0.2, 0.25) is 0 Å². The van der Waals surface area contributed by atoms with Crippen LogP contribution in [0.1, 0.15) is 0 Å². The first-order valence-corrected chi connectivity index (χ1v) is 6.48. The molecule has 0 saturated heterocycles. The van der Waals surface area contributed by atoms with Gasteiger partial charge in [0.05, 0.1) is 18.1 Å². The van der Waals surface area contributed by atoms with Gasteiger partial charge >= 0.3 is 0 Å². The SMILES string of the molecule is CN(C)c1nc(-c2ccccc2F)ncc1-c1ccoc1. The molecule has 0 atom stereocenters. The summed E-state index contributed by atoms with van der Waals surface area (Å²) in [6.45, 7) is 0. The molecule has 3 rings (SSSR count). The standard InChI is InChI=1S/C16H14FN3O/c1-20(2)16-13(11-7-8-21-10-11)9-18-15(19-16)12-5-3-4-6-14(12)17/h3-10H,1-2H3. The molecule has 0 fully saturated rings. The fraction of sp³-hybridized carbons (Fsp3) is 0.125. The molecule has 0 saturated carbocycles. The number of hydrogen-bond donors (Lipinski definition) is 0. The Labute approximate surface area is 121 Å². The van der Waals surface area contributed by atoms with Crippen LogP contribution in [0.5, 0.6) is 0 Å². The molecule has 4 nitrogen and oxygen atoms in total. The minimum atomic E-state index is -0.335. The molecule has 21 heavy (non-hydrogen) atoms. The van der Waals surface area contributed by atoms with Crippen LogP contribution in [0.15, 0.2) is 53.5 Å². The molecule has 1 aromatic carbocycles. The lowest BCUT2D eigenvalue weighted by Gasteiger charge is -2.16. The summed E-state index contributed by atoms with van der Waals surface area (Å²) in [6.07, 6.45) is 4.92. The van der Waals surface area contributed by atoms with Crippen LogP contribution in [0.3, 0.4) is 0 Å². The van der Waals surface area contributed by atoms with Gasteiger partial charge in [0.1, 0.15) is 11.6 Å². The first-order chi connectivity index (χ1) is 10.2. The van der Waals surface area contributed by atoms with Crippen LogP contribution in [0, 0.1) is 5.82 Å². The largest absolute Gasteiger partial charge is 0.472 e. The smallest absolute Gasteiger partial charge is 0.164 e. The Balaban J connectivity index is 2.14. The van der Waals surface area contributed by atoms with Gasteiger partial charge in [-0.05, 0) is 18.2 Å². The van der Waals surface area contributed by atoms with Crippen molar-refractivity contribution < 1.29 is 8.81 Å². The second-order valence-electron chi connectivity index (χ2n) is 4.82. The van der Waals surface area contributed by atoms with Crippen molar-refractivity contribution in [2.75, 3.05) is 19.0 Å². The van der Waals surface area contributed by atoms with E-state index in [1.165, 1.54) is 6.07 Å². The van der Waals surface area contributed by atoms with E-state index in [2.05, 4.69) is 9.97 Å². The van der Waals surface area contributed by atoms with Crippen LogP contribution >= 0.6 is 0 Å². The number of benzene rings is 1. The summed E-state index contributed by atoms with van der Waals surface area (Å²) in [4.78, 5) is 10.7. The molecule has 0 aliphatic rings. The van der Waals surface area contributed by atoms with Crippen LogP contribution in [-0.2, 0) is 0 Å². The summed E-state index contributed by atoms with van der Waals surface area (Å²) in [6, 6.07) is 8.32. The molecule has 5 heteroatoms. The lowest BCUT2D eigenvalue weighted by molar-refractivity contribution is 0.568. The maximum atomic E-state index is 13.9. The predicted molar refractivity (Wildman–Crippen MR) is 79.5 cm³/mol. The third-order valence-corrected chi connectivity index (χ3v) is 3.14. The van der Waals surface area contributed by atoms with Crippen molar-refractivity contribution >= 4 is 5.82 Å². The molecule has 106 valence electrons. The minimum Gasteiger partial charge on any atom is -0.472 e. The van der Waals surface area contributed by atoms with Gasteiger partial charge in [0, 0.05) is 31.4 Å². The number of aromatic nitrogens is 2. The average molecular weight is 283 g/mol. The Kier molecular flexibility index (Phi) is 3.39. The highest BCUT2D eigenvalue weighted by atomic mass is 19.1. The fourth-order valence-corrected chi connectivity index (χ4v) is 2.11. The van der Waals surface area contributed by atoms with Crippen LogP contribution < -0.4 is 4.90 Å². The maximum Gasteiger partial charge on any atom is 0.164 e. The van der Waals surface area contributed by atoms with Crippen molar-refractivity contribution in [2.45, 2.75) is 0 Å². The minimum absolute atomic E-state index is 0.335. The second-order valence-corrected chi connectivity index (χ2v) is 4.82. The zero-order valence-corrected chi connectivity index (χ0v) is 11.7. The van der Waals surface area contributed by atoms with Gasteiger partial charge in [0.15, 0.2) is 5.82 Å². The van der Waals surface area contributed by atoms with Crippen molar-refractivity contribution in [1.29, 1.82) is 0 Å². The number of hydrogen-bond acceptors (Lipinski definition) is 4. The van der Waals surface area contributed by atoms with Gasteiger partial charge in [-0.1, -0.05) is 12.1 Å². The molecule has 0 unspecified atom stereocenters. The Morgan fingerprint density at radius 1 is 1.10 bits per heavy atom. The Bertz CT molecular complexity index is 754. The molecule has 0 aliphatic carbocycles. The number of nitrogens with zero attached hydrogens (tertiary/aromatic N) is 3. The van der Waals surface area contributed by atoms with Gasteiger partial charge in [-0.2, -0.15) is 0 Å². The van der Waals surface area contributed by atoms with Gasteiger partial charge in [-0.25, -0.2) is 14.4 Å². The van der Waals surface area contributed by atoms with Crippen LogP contribution in [0.4, 0.5) is 10.2 Å². The molecule has 0 amide bonds. The summed E-state index contributed by atoms with van der Waals surface area (Å²) in [5.41, 5.74) is 2.12. The molecular formula is C16H14FN3O. The zero-order chi connectivity index (χ0) is 14.8. The first kappa shape index (κ1) is 13.3. The summed E-state index contributed by atoms with van der Waals surface area (Å²) in [5.74, 6) is 0.743. The Hall–Kier alpha value is -2.69. The Morgan fingerprint density at radius 2 is 1.90 bits per heavy atom. The van der Waals surface area contributed by atoms with Crippen molar-refractivity contribution in [3.05, 3.63) is 54.9 Å². The monoisotopic (exact) mass is 283 g/mol. The molecule has 0 spiro atoms. The topological polar surface area (TPSA) is 42.2 Å². The molecule has 0 aliphatic heterocycles. The van der Waals surface area contributed by atoms with Gasteiger partial charge in [0.25, 0.3) is 0 Å². The third-order valence-electron chi connectivity index (χ3n) is 3.14. The highest BCUT2D eigenvalue weighted by molar-refractivity contribution is 5.76. The molecule has 3 aromatic rings. The van der Waals surface area contributed by atoms with E-state index in [4.69, 9.17) is 4.42 Å². The van der Waals surface area contributed by atoms with Gasteiger partial charge in [-0.15, -0.1) is 0 Å². The van der Waals surface area contributed by atoms with Crippen molar-refractivity contribution in [2.24, 2.45) is 0 Å². The number of halogens is 1. The number of furan rings is 1. The maximum absolute atomic E-state index is 13.9. The summed E-state index contributed by atoms with van der Waals surface area (Å²) < 4.78 is 19.0. The highest BCUT2D eigenvalue weighted by Crippen LogP contribution is 2.30. The third kappa shape index (κ3) is 2.50. The number of rotatable bonds is 3. The van der Waals surface area contributed by atoms with Crippen LogP contribution in [0.25, 0.3) is 22.5 Å². The van der Waals surface area contributed by atoms with Crippen molar-refractivity contribution in [3.8, 4) is 22.5 Å². The highest BCUT2D eigenvalue weighted by Gasteiger charge is 2.14. The summed E-state index contributed by atoms with van der Waals surface area (Å²) in [5, 5.41) is 0. The van der Waals surface area contributed by atoms with E-state index in [0.29, 0.717) is 17.2 Å².